The fraction of sp³-hybridized carbons (Fsp3) is 0.231. The Morgan fingerprint density at radius 2 is 2.24 bits per heavy atom. The van der Waals surface area contributed by atoms with E-state index in [0.29, 0.717) is 12.3 Å². The number of hydrogen-bond acceptors (Lipinski definition) is 6. The molecule has 2 aromatic rings. The molecule has 0 saturated carbocycles. The van der Waals surface area contributed by atoms with Gasteiger partial charge in [0.05, 0.1) is 10.5 Å². The highest BCUT2D eigenvalue weighted by Crippen LogP contribution is 2.28. The number of carbonyl (C=O) groups excluding carboxylic acids is 1. The van der Waals surface area contributed by atoms with Crippen molar-refractivity contribution < 1.29 is 14.2 Å². The molecule has 0 fully saturated rings. The largest absolute Gasteiger partial charge is 0.379 e. The van der Waals surface area contributed by atoms with Crippen molar-refractivity contribution in [2.24, 2.45) is 0 Å². The molecule has 2 N–H and O–H groups in total. The fourth-order valence-corrected chi connectivity index (χ4v) is 1.85. The Balaban J connectivity index is 2.35. The van der Waals surface area contributed by atoms with E-state index in [2.05, 4.69) is 15.8 Å². The first-order chi connectivity index (χ1) is 10.0. The molecular weight excluding hydrogens is 276 g/mol. The van der Waals surface area contributed by atoms with Crippen molar-refractivity contribution in [1.29, 1.82) is 0 Å². The zero-order chi connectivity index (χ0) is 15.4. The molecule has 8 heteroatoms. The van der Waals surface area contributed by atoms with Gasteiger partial charge in [0, 0.05) is 18.7 Å². The number of nitrogens with zero attached hydrogens (tertiary/aromatic N) is 2. The van der Waals surface area contributed by atoms with Crippen LogP contribution in [0.4, 0.5) is 17.2 Å². The number of benzene rings is 1. The van der Waals surface area contributed by atoms with E-state index in [1.54, 1.807) is 19.9 Å². The van der Waals surface area contributed by atoms with Crippen LogP contribution in [0.25, 0.3) is 0 Å². The number of nitrogens with one attached hydrogen (secondary N) is 2. The summed E-state index contributed by atoms with van der Waals surface area (Å²) in [4.78, 5) is 22.7. The fourth-order valence-electron chi connectivity index (χ4n) is 1.85. The van der Waals surface area contributed by atoms with Crippen molar-refractivity contribution in [3.05, 3.63) is 45.7 Å². The first kappa shape index (κ1) is 14.5. The lowest BCUT2D eigenvalue weighted by Gasteiger charge is -2.10. The average Bonchev–Trinajstić information content (AvgIpc) is 2.84. The van der Waals surface area contributed by atoms with Crippen LogP contribution >= 0.6 is 0 Å². The topological polar surface area (TPSA) is 110 Å². The molecule has 0 radical (unpaired) electrons. The van der Waals surface area contributed by atoms with Crippen LogP contribution < -0.4 is 10.6 Å². The van der Waals surface area contributed by atoms with Crippen molar-refractivity contribution in [2.75, 3.05) is 17.2 Å². The zero-order valence-corrected chi connectivity index (χ0v) is 11.5. The van der Waals surface area contributed by atoms with Crippen molar-refractivity contribution in [1.82, 2.24) is 5.16 Å². The van der Waals surface area contributed by atoms with Gasteiger partial charge in [-0.2, -0.15) is 0 Å². The van der Waals surface area contributed by atoms with Gasteiger partial charge in [-0.3, -0.25) is 14.9 Å². The Hall–Kier alpha value is -2.90. The monoisotopic (exact) mass is 290 g/mol. The number of aryl methyl sites for hydroxylation is 1. The molecule has 0 bridgehead atoms. The maximum atomic E-state index is 12.2. The molecule has 110 valence electrons. The van der Waals surface area contributed by atoms with Crippen LogP contribution in [-0.2, 0) is 0 Å². The Labute approximate surface area is 120 Å². The number of aromatic nitrogens is 1. The number of para-hydroxylation sites is 1. The Morgan fingerprint density at radius 1 is 1.48 bits per heavy atom. The van der Waals surface area contributed by atoms with E-state index in [4.69, 9.17) is 4.52 Å². The molecule has 0 spiro atoms. The van der Waals surface area contributed by atoms with E-state index < -0.39 is 10.8 Å². The Bertz CT molecular complexity index is 681. The molecule has 0 aliphatic heterocycles. The van der Waals surface area contributed by atoms with Gasteiger partial charge in [0.2, 0.25) is 0 Å². The second kappa shape index (κ2) is 6.04. The standard InChI is InChI=1S/C13H14N4O4/c1-3-14-12-9(5-4-6-10(12)17(19)20)13(18)15-11-7-8(2)21-16-11/h4-7,14H,3H2,1-2H3,(H,15,16,18). The number of nitro groups is 1. The van der Waals surface area contributed by atoms with Gasteiger partial charge in [0.25, 0.3) is 11.6 Å². The molecule has 1 aromatic heterocycles. The number of carbonyl (C=O) groups is 1. The quantitative estimate of drug-likeness (QED) is 0.646. The minimum absolute atomic E-state index is 0.152. The van der Waals surface area contributed by atoms with Crippen LogP contribution in [0.2, 0.25) is 0 Å². The van der Waals surface area contributed by atoms with E-state index in [0.717, 1.165) is 0 Å². The molecule has 0 atom stereocenters. The summed E-state index contributed by atoms with van der Waals surface area (Å²) in [6.07, 6.45) is 0. The van der Waals surface area contributed by atoms with Crippen LogP contribution in [0.15, 0.2) is 28.8 Å². The van der Waals surface area contributed by atoms with Gasteiger partial charge < -0.3 is 15.2 Å². The summed E-state index contributed by atoms with van der Waals surface area (Å²) in [6.45, 7) is 3.94. The Kier molecular flexibility index (Phi) is 4.17. The first-order valence-corrected chi connectivity index (χ1v) is 6.29. The maximum Gasteiger partial charge on any atom is 0.293 e. The highest BCUT2D eigenvalue weighted by atomic mass is 16.6. The smallest absolute Gasteiger partial charge is 0.293 e. The van der Waals surface area contributed by atoms with E-state index in [1.165, 1.54) is 18.2 Å². The highest BCUT2D eigenvalue weighted by Gasteiger charge is 2.21. The molecule has 2 rings (SSSR count). The van der Waals surface area contributed by atoms with Crippen molar-refractivity contribution in [3.8, 4) is 0 Å². The van der Waals surface area contributed by atoms with Crippen LogP contribution in [0, 0.1) is 17.0 Å². The minimum atomic E-state index is -0.533. The summed E-state index contributed by atoms with van der Waals surface area (Å²) in [5.41, 5.74) is 0.204. The number of anilines is 2. The predicted octanol–water partition coefficient (Wildman–Crippen LogP) is 2.58. The molecule has 1 aromatic carbocycles. The molecule has 1 heterocycles. The van der Waals surface area contributed by atoms with Crippen LogP contribution in [-0.4, -0.2) is 22.5 Å². The third-order valence-electron chi connectivity index (χ3n) is 2.71. The van der Waals surface area contributed by atoms with Gasteiger partial charge in [-0.15, -0.1) is 0 Å². The predicted molar refractivity (Wildman–Crippen MR) is 76.5 cm³/mol. The van der Waals surface area contributed by atoms with Crippen molar-refractivity contribution in [3.63, 3.8) is 0 Å². The average molecular weight is 290 g/mol. The Morgan fingerprint density at radius 3 is 2.81 bits per heavy atom. The number of nitro benzene ring substituents is 1. The second-order valence-corrected chi connectivity index (χ2v) is 4.26. The molecule has 0 aliphatic carbocycles. The molecule has 8 nitrogen and oxygen atoms in total. The van der Waals surface area contributed by atoms with Crippen LogP contribution in [0.1, 0.15) is 23.0 Å². The maximum absolute atomic E-state index is 12.2. The third-order valence-corrected chi connectivity index (χ3v) is 2.71. The van der Waals surface area contributed by atoms with Crippen LogP contribution in [0.5, 0.6) is 0 Å². The zero-order valence-electron chi connectivity index (χ0n) is 11.5. The molecule has 0 aliphatic rings. The summed E-state index contributed by atoms with van der Waals surface area (Å²) in [5.74, 6) is 0.311. The van der Waals surface area contributed by atoms with Crippen molar-refractivity contribution in [2.45, 2.75) is 13.8 Å². The summed E-state index contributed by atoms with van der Waals surface area (Å²) in [6, 6.07) is 5.87. The van der Waals surface area contributed by atoms with Gasteiger partial charge in [0.1, 0.15) is 11.4 Å². The lowest BCUT2D eigenvalue weighted by molar-refractivity contribution is -0.384. The van der Waals surface area contributed by atoms with E-state index in [1.807, 2.05) is 0 Å². The van der Waals surface area contributed by atoms with E-state index >= 15 is 0 Å². The summed E-state index contributed by atoms with van der Waals surface area (Å²) in [7, 11) is 0. The number of hydrogen-bond donors (Lipinski definition) is 2. The van der Waals surface area contributed by atoms with Gasteiger partial charge in [0.15, 0.2) is 5.82 Å². The van der Waals surface area contributed by atoms with E-state index in [9.17, 15) is 14.9 Å². The first-order valence-electron chi connectivity index (χ1n) is 6.29. The summed E-state index contributed by atoms with van der Waals surface area (Å²) < 4.78 is 4.85. The molecule has 0 unspecified atom stereocenters. The second-order valence-electron chi connectivity index (χ2n) is 4.26. The number of rotatable bonds is 5. The summed E-state index contributed by atoms with van der Waals surface area (Å²) in [5, 5.41) is 20.1. The van der Waals surface area contributed by atoms with Gasteiger partial charge in [-0.1, -0.05) is 11.2 Å². The molecular formula is C13H14N4O4. The molecule has 0 saturated heterocycles. The molecule has 21 heavy (non-hydrogen) atoms. The van der Waals surface area contributed by atoms with Gasteiger partial charge >= 0.3 is 0 Å². The van der Waals surface area contributed by atoms with E-state index in [-0.39, 0.29) is 22.8 Å². The molecule has 1 amide bonds. The lowest BCUT2D eigenvalue weighted by atomic mass is 10.1. The third kappa shape index (κ3) is 3.16. The highest BCUT2D eigenvalue weighted by molar-refractivity contribution is 6.08. The van der Waals surface area contributed by atoms with Gasteiger partial charge in [-0.05, 0) is 19.9 Å². The van der Waals surface area contributed by atoms with Gasteiger partial charge in [-0.25, -0.2) is 0 Å². The normalized spacial score (nSPS) is 10.2. The van der Waals surface area contributed by atoms with Crippen LogP contribution in [0.3, 0.4) is 0 Å². The lowest BCUT2D eigenvalue weighted by Crippen LogP contribution is -2.16. The minimum Gasteiger partial charge on any atom is -0.379 e. The SMILES string of the molecule is CCNc1c(C(=O)Nc2cc(C)on2)cccc1[N+](=O)[O-]. The van der Waals surface area contributed by atoms with Crippen molar-refractivity contribution >= 4 is 23.1 Å². The number of amides is 1. The summed E-state index contributed by atoms with van der Waals surface area (Å²) >= 11 is 0.